The van der Waals surface area contributed by atoms with E-state index in [0.717, 1.165) is 27.8 Å². The highest BCUT2D eigenvalue weighted by molar-refractivity contribution is 6.13. The van der Waals surface area contributed by atoms with E-state index in [2.05, 4.69) is 13.8 Å². The van der Waals surface area contributed by atoms with E-state index in [4.69, 9.17) is 24.9 Å². The molecule has 2 unspecified atom stereocenters. The number of esters is 1. The highest BCUT2D eigenvalue weighted by Gasteiger charge is 2.48. The van der Waals surface area contributed by atoms with Crippen LogP contribution >= 0.6 is 0 Å². The van der Waals surface area contributed by atoms with Gasteiger partial charge in [0.25, 0.3) is 0 Å². The first kappa shape index (κ1) is 25.1. The number of rotatable bonds is 8. The maximum absolute atomic E-state index is 13.7. The van der Waals surface area contributed by atoms with Gasteiger partial charge in [0.15, 0.2) is 0 Å². The number of fused-ring (bicyclic) bond motifs is 2. The molecule has 2 aromatic carbocycles. The molecule has 1 aliphatic heterocycles. The van der Waals surface area contributed by atoms with Crippen molar-refractivity contribution in [2.45, 2.75) is 39.5 Å². The molecule has 0 aromatic heterocycles. The molecule has 7 heteroatoms. The molecule has 1 heterocycles. The third-order valence-corrected chi connectivity index (χ3v) is 6.72. The molecule has 2 aliphatic rings. The van der Waals surface area contributed by atoms with Crippen molar-refractivity contribution in [2.75, 3.05) is 33.5 Å². The molecule has 0 spiro atoms. The number of ether oxygens (including phenoxy) is 3. The standard InChI is InChI=1S/C28H34N2O5/c1-5-35-27(32)26-21(16-34-13-12-29)30-20-14-28(2,3)15-22(31)25(20)24(26)19-10-11-23(33-4)18-9-7-6-8-17(18)19/h6-11,24-25H,5,12-16,29H2,1-4H3. The smallest absolute Gasteiger partial charge is 0.336 e. The Labute approximate surface area is 206 Å². The topological polar surface area (TPSA) is 100 Å². The maximum Gasteiger partial charge on any atom is 0.336 e. The predicted molar refractivity (Wildman–Crippen MR) is 136 cm³/mol. The van der Waals surface area contributed by atoms with E-state index < -0.39 is 17.8 Å². The van der Waals surface area contributed by atoms with Crippen LogP contribution in [-0.2, 0) is 19.1 Å². The summed E-state index contributed by atoms with van der Waals surface area (Å²) >= 11 is 0. The van der Waals surface area contributed by atoms with Crippen molar-refractivity contribution < 1.29 is 23.8 Å². The maximum atomic E-state index is 13.7. The average Bonchev–Trinajstić information content (AvgIpc) is 2.82. The number of nitrogens with two attached hydrogens (primary N) is 1. The lowest BCUT2D eigenvalue weighted by atomic mass is 9.63. The number of ketones is 1. The van der Waals surface area contributed by atoms with E-state index >= 15 is 0 Å². The quantitative estimate of drug-likeness (QED) is 0.451. The number of nitrogens with zero attached hydrogens (tertiary/aromatic N) is 1. The van der Waals surface area contributed by atoms with Crippen LogP contribution in [0.1, 0.15) is 45.1 Å². The van der Waals surface area contributed by atoms with Gasteiger partial charge in [-0.1, -0.05) is 44.2 Å². The molecule has 0 radical (unpaired) electrons. The molecule has 2 N–H and O–H groups in total. The molecule has 0 saturated heterocycles. The van der Waals surface area contributed by atoms with Crippen molar-refractivity contribution in [1.29, 1.82) is 0 Å². The van der Waals surface area contributed by atoms with Gasteiger partial charge in [-0.25, -0.2) is 4.79 Å². The Kier molecular flexibility index (Phi) is 7.38. The number of benzene rings is 2. The lowest BCUT2D eigenvalue weighted by molar-refractivity contribution is -0.139. The Balaban J connectivity index is 1.98. The van der Waals surface area contributed by atoms with Crippen LogP contribution in [-0.4, -0.2) is 50.9 Å². The average molecular weight is 479 g/mol. The van der Waals surface area contributed by atoms with E-state index in [1.807, 2.05) is 36.4 Å². The highest BCUT2D eigenvalue weighted by atomic mass is 16.5. The zero-order valence-corrected chi connectivity index (χ0v) is 20.9. The van der Waals surface area contributed by atoms with E-state index in [-0.39, 0.29) is 24.4 Å². The molecule has 1 saturated carbocycles. The van der Waals surface area contributed by atoms with Crippen molar-refractivity contribution >= 4 is 28.2 Å². The predicted octanol–water partition coefficient (Wildman–Crippen LogP) is 4.18. The second kappa shape index (κ2) is 10.3. The number of aliphatic imine (C=N–C) groups is 1. The van der Waals surface area contributed by atoms with Gasteiger partial charge >= 0.3 is 5.97 Å². The normalized spacial score (nSPS) is 21.5. The molecule has 1 fully saturated rings. The van der Waals surface area contributed by atoms with E-state index in [9.17, 15) is 9.59 Å². The van der Waals surface area contributed by atoms with Crippen LogP contribution in [0.15, 0.2) is 52.7 Å². The highest BCUT2D eigenvalue weighted by Crippen LogP contribution is 2.49. The summed E-state index contributed by atoms with van der Waals surface area (Å²) in [6.07, 6.45) is 1.10. The molecule has 1 aliphatic carbocycles. The van der Waals surface area contributed by atoms with Gasteiger partial charge in [-0.2, -0.15) is 0 Å². The summed E-state index contributed by atoms with van der Waals surface area (Å²) in [5.74, 6) is -0.703. The summed E-state index contributed by atoms with van der Waals surface area (Å²) in [5, 5.41) is 1.85. The zero-order chi connectivity index (χ0) is 25.2. The number of carbonyl (C=O) groups is 2. The zero-order valence-electron chi connectivity index (χ0n) is 20.9. The molecule has 0 amide bonds. The number of methoxy groups -OCH3 is 1. The Morgan fingerprint density at radius 2 is 1.86 bits per heavy atom. The molecular formula is C28H34N2O5. The van der Waals surface area contributed by atoms with Crippen molar-refractivity contribution in [1.82, 2.24) is 0 Å². The molecular weight excluding hydrogens is 444 g/mol. The summed E-state index contributed by atoms with van der Waals surface area (Å²) in [5.41, 5.74) is 8.01. The number of hydrogen-bond donors (Lipinski definition) is 1. The van der Waals surface area contributed by atoms with Gasteiger partial charge in [-0.3, -0.25) is 9.79 Å². The van der Waals surface area contributed by atoms with Crippen molar-refractivity contribution in [2.24, 2.45) is 22.1 Å². The van der Waals surface area contributed by atoms with Gasteiger partial charge in [0.05, 0.1) is 44.1 Å². The monoisotopic (exact) mass is 478 g/mol. The summed E-state index contributed by atoms with van der Waals surface area (Å²) in [7, 11) is 1.64. The Morgan fingerprint density at radius 1 is 1.11 bits per heavy atom. The van der Waals surface area contributed by atoms with Crippen LogP contribution in [0.25, 0.3) is 10.8 Å². The van der Waals surface area contributed by atoms with Crippen LogP contribution in [0, 0.1) is 11.3 Å². The Bertz CT molecular complexity index is 1200. The third-order valence-electron chi connectivity index (χ3n) is 6.72. The van der Waals surface area contributed by atoms with Gasteiger partial charge in [-0.15, -0.1) is 0 Å². The SMILES string of the molecule is CCOC(=O)C1=C(COCCN)N=C2CC(C)(C)CC(=O)C2C1c1ccc(OC)c2ccccc12. The van der Waals surface area contributed by atoms with Crippen molar-refractivity contribution in [3.63, 3.8) is 0 Å². The second-order valence-corrected chi connectivity index (χ2v) is 9.87. The lowest BCUT2D eigenvalue weighted by Crippen LogP contribution is -2.44. The molecule has 2 atom stereocenters. The summed E-state index contributed by atoms with van der Waals surface area (Å²) in [4.78, 5) is 32.0. The van der Waals surface area contributed by atoms with Gasteiger partial charge < -0.3 is 19.9 Å². The first-order valence-electron chi connectivity index (χ1n) is 12.1. The molecule has 186 valence electrons. The van der Waals surface area contributed by atoms with E-state index in [1.54, 1.807) is 14.0 Å². The number of Topliss-reactive ketones (excluding diaryl/α,β-unsaturated/α-hetero) is 1. The third kappa shape index (κ3) is 4.88. The van der Waals surface area contributed by atoms with Crippen LogP contribution in [0.2, 0.25) is 0 Å². The first-order valence-corrected chi connectivity index (χ1v) is 12.1. The van der Waals surface area contributed by atoms with Crippen LogP contribution < -0.4 is 10.5 Å². The molecule has 2 aromatic rings. The van der Waals surface area contributed by atoms with Gasteiger partial charge in [-0.05, 0) is 35.8 Å². The minimum absolute atomic E-state index is 0.0913. The van der Waals surface area contributed by atoms with Crippen molar-refractivity contribution in [3.8, 4) is 5.75 Å². The Morgan fingerprint density at radius 3 is 2.54 bits per heavy atom. The summed E-state index contributed by atoms with van der Waals surface area (Å²) in [6.45, 7) is 6.98. The molecule has 4 rings (SSSR count). The van der Waals surface area contributed by atoms with Crippen molar-refractivity contribution in [3.05, 3.63) is 53.2 Å². The fourth-order valence-corrected chi connectivity index (χ4v) is 5.39. The number of carbonyl (C=O) groups excluding carboxylic acids is 2. The minimum atomic E-state index is -0.530. The fourth-order valence-electron chi connectivity index (χ4n) is 5.39. The van der Waals surface area contributed by atoms with Crippen LogP contribution in [0.5, 0.6) is 5.75 Å². The Hall–Kier alpha value is -3.03. The largest absolute Gasteiger partial charge is 0.496 e. The minimum Gasteiger partial charge on any atom is -0.496 e. The van der Waals surface area contributed by atoms with E-state index in [0.29, 0.717) is 37.3 Å². The van der Waals surface area contributed by atoms with Gasteiger partial charge in [0, 0.05) is 30.0 Å². The first-order chi connectivity index (χ1) is 16.8. The summed E-state index contributed by atoms with van der Waals surface area (Å²) < 4.78 is 16.8. The number of hydrogen-bond acceptors (Lipinski definition) is 7. The van der Waals surface area contributed by atoms with E-state index in [1.165, 1.54) is 0 Å². The second-order valence-electron chi connectivity index (χ2n) is 9.87. The molecule has 7 nitrogen and oxygen atoms in total. The lowest BCUT2D eigenvalue weighted by Gasteiger charge is -2.41. The van der Waals surface area contributed by atoms with Gasteiger partial charge in [0.1, 0.15) is 11.5 Å². The summed E-state index contributed by atoms with van der Waals surface area (Å²) in [6, 6.07) is 11.7. The van der Waals surface area contributed by atoms with Crippen LogP contribution in [0.3, 0.4) is 0 Å². The van der Waals surface area contributed by atoms with Crippen LogP contribution in [0.4, 0.5) is 0 Å². The molecule has 0 bridgehead atoms. The fraction of sp³-hybridized carbons (Fsp3) is 0.464. The van der Waals surface area contributed by atoms with Gasteiger partial charge in [0.2, 0.25) is 0 Å². The molecule has 35 heavy (non-hydrogen) atoms.